The summed E-state index contributed by atoms with van der Waals surface area (Å²) in [6.07, 6.45) is 0. The average Bonchev–Trinajstić information content (AvgIpc) is 3.33. The Balaban J connectivity index is 1.55. The fourth-order valence-electron chi connectivity index (χ4n) is 4.21. The molecule has 1 saturated heterocycles. The number of morpholine rings is 1. The first-order valence-corrected chi connectivity index (χ1v) is 10.5. The summed E-state index contributed by atoms with van der Waals surface area (Å²) in [5.41, 5.74) is 1.23. The minimum absolute atomic E-state index is 0.280. The van der Waals surface area contributed by atoms with Gasteiger partial charge in [0.1, 0.15) is 0 Å². The van der Waals surface area contributed by atoms with Crippen LogP contribution in [0.3, 0.4) is 0 Å². The normalized spacial score (nSPS) is 17.1. The van der Waals surface area contributed by atoms with Gasteiger partial charge in [0.25, 0.3) is 5.56 Å². The first-order valence-electron chi connectivity index (χ1n) is 10.1. The number of fused-ring (bicyclic) bond motifs is 3. The molecule has 0 unspecified atom stereocenters. The monoisotopic (exact) mass is 430 g/mol. The van der Waals surface area contributed by atoms with Gasteiger partial charge in [0.05, 0.1) is 13.2 Å². The van der Waals surface area contributed by atoms with Crippen LogP contribution >= 0.6 is 11.6 Å². The molecule has 9 nitrogen and oxygen atoms in total. The van der Waals surface area contributed by atoms with Crippen LogP contribution in [-0.2, 0) is 24.9 Å². The van der Waals surface area contributed by atoms with Crippen LogP contribution in [0.1, 0.15) is 0 Å². The molecule has 0 saturated carbocycles. The van der Waals surface area contributed by atoms with Gasteiger partial charge in [0.2, 0.25) is 5.95 Å². The number of benzene rings is 1. The van der Waals surface area contributed by atoms with Crippen molar-refractivity contribution in [3.05, 3.63) is 50.1 Å². The fraction of sp³-hybridized carbons (Fsp3) is 0.450. The molecule has 2 aliphatic rings. The number of aromatic nitrogens is 4. The summed E-state index contributed by atoms with van der Waals surface area (Å²) in [5.74, 6) is 0.672. The Labute approximate surface area is 177 Å². The van der Waals surface area contributed by atoms with E-state index in [9.17, 15) is 9.59 Å². The van der Waals surface area contributed by atoms with Crippen molar-refractivity contribution >= 4 is 34.4 Å². The Bertz CT molecular complexity index is 1210. The number of aryl methyl sites for hydroxylation is 1. The summed E-state index contributed by atoms with van der Waals surface area (Å²) in [6, 6.07) is 7.51. The summed E-state index contributed by atoms with van der Waals surface area (Å²) in [5, 5.41) is 0.664. The van der Waals surface area contributed by atoms with Crippen molar-refractivity contribution in [3.8, 4) is 0 Å². The van der Waals surface area contributed by atoms with E-state index in [1.165, 1.54) is 9.13 Å². The maximum Gasteiger partial charge on any atom is 0.332 e. The molecule has 0 atom stereocenters. The number of imidazole rings is 1. The number of hydrogen-bond acceptors (Lipinski definition) is 6. The van der Waals surface area contributed by atoms with Gasteiger partial charge < -0.3 is 14.2 Å². The van der Waals surface area contributed by atoms with Gasteiger partial charge in [-0.2, -0.15) is 4.98 Å². The predicted octanol–water partition coefficient (Wildman–Crippen LogP) is 1.03. The maximum atomic E-state index is 13.3. The molecule has 2 aliphatic heterocycles. The fourth-order valence-corrected chi connectivity index (χ4v) is 4.33. The van der Waals surface area contributed by atoms with Crippen LogP contribution in [0.2, 0.25) is 5.02 Å². The molecule has 0 spiro atoms. The van der Waals surface area contributed by atoms with E-state index in [4.69, 9.17) is 16.3 Å². The Morgan fingerprint density at radius 3 is 2.50 bits per heavy atom. The van der Waals surface area contributed by atoms with Crippen LogP contribution in [-0.4, -0.2) is 63.0 Å². The summed E-state index contributed by atoms with van der Waals surface area (Å²) in [4.78, 5) is 35.1. The molecular formula is C20H23ClN6O3. The van der Waals surface area contributed by atoms with Crippen molar-refractivity contribution in [2.45, 2.75) is 13.1 Å². The van der Waals surface area contributed by atoms with Crippen molar-refractivity contribution in [1.82, 2.24) is 23.6 Å². The molecule has 0 radical (unpaired) electrons. The molecule has 4 heterocycles. The molecule has 0 amide bonds. The van der Waals surface area contributed by atoms with E-state index in [1.54, 1.807) is 7.05 Å². The Morgan fingerprint density at radius 2 is 1.77 bits per heavy atom. The molecule has 5 rings (SSSR count). The Hall–Kier alpha value is -2.62. The second-order valence-corrected chi connectivity index (χ2v) is 8.05. The highest BCUT2D eigenvalue weighted by molar-refractivity contribution is 6.30. The zero-order chi connectivity index (χ0) is 20.8. The van der Waals surface area contributed by atoms with E-state index < -0.39 is 0 Å². The van der Waals surface area contributed by atoms with E-state index >= 15 is 0 Å². The maximum absolute atomic E-state index is 13.3. The van der Waals surface area contributed by atoms with Crippen molar-refractivity contribution in [2.24, 2.45) is 7.05 Å². The minimum Gasteiger partial charge on any atom is -0.379 e. The molecule has 0 aliphatic carbocycles. The second kappa shape index (κ2) is 7.57. The summed E-state index contributed by atoms with van der Waals surface area (Å²) < 4.78 is 10.1. The number of hydrogen-bond donors (Lipinski definition) is 0. The van der Waals surface area contributed by atoms with Gasteiger partial charge in [-0.1, -0.05) is 11.6 Å². The smallest absolute Gasteiger partial charge is 0.332 e. The number of rotatable bonds is 4. The third-order valence-corrected chi connectivity index (χ3v) is 6.13. The van der Waals surface area contributed by atoms with Gasteiger partial charge in [0.15, 0.2) is 11.2 Å². The lowest BCUT2D eigenvalue weighted by Gasteiger charge is -2.26. The summed E-state index contributed by atoms with van der Waals surface area (Å²) in [7, 11) is 1.67. The summed E-state index contributed by atoms with van der Waals surface area (Å²) >= 11 is 6.01. The number of nitrogens with zero attached hydrogens (tertiary/aromatic N) is 6. The zero-order valence-corrected chi connectivity index (χ0v) is 17.5. The third-order valence-electron chi connectivity index (χ3n) is 5.88. The number of ether oxygens (including phenoxy) is 1. The van der Waals surface area contributed by atoms with Gasteiger partial charge in [-0.15, -0.1) is 0 Å². The standard InChI is InChI=1S/C20H23ClN6O3/c1-23-17-16(18(28)27(20(23)29)7-6-24-10-12-30-13-11-24)26-9-8-25(19(26)22-17)15-4-2-14(21)3-5-15/h2-5H,6-13H2,1H3. The first-order chi connectivity index (χ1) is 14.5. The quantitative estimate of drug-likeness (QED) is 0.615. The molecule has 2 aromatic heterocycles. The van der Waals surface area contributed by atoms with Gasteiger partial charge >= 0.3 is 5.69 Å². The van der Waals surface area contributed by atoms with Crippen molar-refractivity contribution in [1.29, 1.82) is 0 Å². The third kappa shape index (κ3) is 3.13. The molecule has 10 heteroatoms. The molecule has 30 heavy (non-hydrogen) atoms. The lowest BCUT2D eigenvalue weighted by atomic mass is 10.3. The molecule has 158 valence electrons. The van der Waals surface area contributed by atoms with Gasteiger partial charge in [0, 0.05) is 57.0 Å². The van der Waals surface area contributed by atoms with Crippen LogP contribution in [0.15, 0.2) is 33.9 Å². The molecule has 3 aromatic rings. The van der Waals surface area contributed by atoms with Gasteiger partial charge in [-0.3, -0.25) is 18.8 Å². The first kappa shape index (κ1) is 19.3. The van der Waals surface area contributed by atoms with E-state index in [0.717, 1.165) is 18.8 Å². The minimum atomic E-state index is -0.337. The second-order valence-electron chi connectivity index (χ2n) is 7.62. The van der Waals surface area contributed by atoms with Crippen molar-refractivity contribution in [3.63, 3.8) is 0 Å². The molecular weight excluding hydrogens is 408 g/mol. The van der Waals surface area contributed by atoms with Crippen LogP contribution < -0.4 is 16.1 Å². The predicted molar refractivity (Wildman–Crippen MR) is 115 cm³/mol. The van der Waals surface area contributed by atoms with Crippen LogP contribution in [0.4, 0.5) is 11.6 Å². The van der Waals surface area contributed by atoms with Crippen LogP contribution in [0, 0.1) is 0 Å². The lowest BCUT2D eigenvalue weighted by Crippen LogP contribution is -2.44. The molecule has 0 N–H and O–H groups in total. The molecule has 0 bridgehead atoms. The Kier molecular flexibility index (Phi) is 4.88. The zero-order valence-electron chi connectivity index (χ0n) is 16.8. The van der Waals surface area contributed by atoms with Crippen LogP contribution in [0.5, 0.6) is 0 Å². The Morgan fingerprint density at radius 1 is 1.03 bits per heavy atom. The van der Waals surface area contributed by atoms with Crippen molar-refractivity contribution < 1.29 is 4.74 Å². The van der Waals surface area contributed by atoms with E-state index in [-0.39, 0.29) is 11.2 Å². The average molecular weight is 431 g/mol. The highest BCUT2D eigenvalue weighted by Crippen LogP contribution is 2.32. The van der Waals surface area contributed by atoms with Gasteiger partial charge in [-0.25, -0.2) is 4.79 Å². The largest absolute Gasteiger partial charge is 0.379 e. The lowest BCUT2D eigenvalue weighted by molar-refractivity contribution is 0.0361. The molecule has 1 fully saturated rings. The summed E-state index contributed by atoms with van der Waals surface area (Å²) in [6.45, 7) is 5.32. The van der Waals surface area contributed by atoms with E-state index in [1.807, 2.05) is 33.7 Å². The van der Waals surface area contributed by atoms with E-state index in [2.05, 4.69) is 9.88 Å². The van der Waals surface area contributed by atoms with Crippen molar-refractivity contribution in [2.75, 3.05) is 44.3 Å². The van der Waals surface area contributed by atoms with Gasteiger partial charge in [-0.05, 0) is 24.3 Å². The molecule has 1 aromatic carbocycles. The highest BCUT2D eigenvalue weighted by Gasteiger charge is 2.28. The SMILES string of the molecule is Cn1c(=O)n(CCN2CCOCC2)c(=O)c2c1nc1n2CCN1c1ccc(Cl)cc1. The highest BCUT2D eigenvalue weighted by atomic mass is 35.5. The van der Waals surface area contributed by atoms with Crippen LogP contribution in [0.25, 0.3) is 11.2 Å². The van der Waals surface area contributed by atoms with E-state index in [0.29, 0.717) is 61.5 Å². The number of halogens is 1. The number of anilines is 2. The topological polar surface area (TPSA) is 77.5 Å².